The highest BCUT2D eigenvalue weighted by molar-refractivity contribution is 5.80. The van der Waals surface area contributed by atoms with Crippen LogP contribution in [0.25, 0.3) is 11.1 Å². The number of rotatable bonds is 5. The average Bonchev–Trinajstić information content (AvgIpc) is 3.19. The minimum atomic E-state index is -4.61. The van der Waals surface area contributed by atoms with Gasteiger partial charge in [-0.1, -0.05) is 30.3 Å². The van der Waals surface area contributed by atoms with E-state index in [0.717, 1.165) is 6.42 Å². The largest absolute Gasteiger partial charge is 0.469 e. The van der Waals surface area contributed by atoms with Crippen LogP contribution in [0.1, 0.15) is 25.5 Å². The van der Waals surface area contributed by atoms with Crippen molar-refractivity contribution in [1.82, 2.24) is 9.97 Å². The van der Waals surface area contributed by atoms with Crippen molar-refractivity contribution in [3.05, 3.63) is 36.0 Å². The number of anilines is 2. The van der Waals surface area contributed by atoms with Crippen molar-refractivity contribution in [3.63, 3.8) is 0 Å². The summed E-state index contributed by atoms with van der Waals surface area (Å²) in [4.78, 5) is 24.1. The van der Waals surface area contributed by atoms with Crippen LogP contribution in [0.3, 0.4) is 0 Å². The van der Waals surface area contributed by atoms with E-state index in [0.29, 0.717) is 37.4 Å². The second-order valence-electron chi connectivity index (χ2n) is 8.94. The molecule has 2 saturated heterocycles. The van der Waals surface area contributed by atoms with Crippen LogP contribution in [0.5, 0.6) is 0 Å². The number of halogens is 3. The van der Waals surface area contributed by atoms with Crippen LogP contribution in [0.4, 0.5) is 24.9 Å². The monoisotopic (exact) mass is 446 g/mol. The standard InChI is InChI=1S/C23H25F3N4O2/c1-13-8-9-30(13)22-27-20(23(24,25)26)19(14-6-4-3-5-7-14)21(28-22)29-11-16-15(17(16)12-29)10-18(31)32-2/h3-7,13,15-17H,8-12H2,1-2H3/t13?,15?,16-,17+. The van der Waals surface area contributed by atoms with Crippen molar-refractivity contribution < 1.29 is 22.7 Å². The Kier molecular flexibility index (Phi) is 5.02. The molecule has 6 nitrogen and oxygen atoms in total. The van der Waals surface area contributed by atoms with E-state index in [-0.39, 0.29) is 41.3 Å². The topological polar surface area (TPSA) is 58.6 Å². The lowest BCUT2D eigenvalue weighted by molar-refractivity contribution is -0.141. The fourth-order valence-corrected chi connectivity index (χ4v) is 5.08. The van der Waals surface area contributed by atoms with E-state index < -0.39 is 11.9 Å². The van der Waals surface area contributed by atoms with Crippen molar-refractivity contribution in [2.75, 3.05) is 36.5 Å². The second-order valence-corrected chi connectivity index (χ2v) is 8.94. The Hall–Kier alpha value is -2.84. The number of benzene rings is 1. The first-order chi connectivity index (χ1) is 15.3. The Bertz CT molecular complexity index is 1020. The molecule has 2 aliphatic heterocycles. The summed E-state index contributed by atoms with van der Waals surface area (Å²) in [6.07, 6.45) is -3.34. The summed E-state index contributed by atoms with van der Waals surface area (Å²) in [5.41, 5.74) is -0.417. The summed E-state index contributed by atoms with van der Waals surface area (Å²) < 4.78 is 47.4. The van der Waals surface area contributed by atoms with E-state index in [9.17, 15) is 18.0 Å². The Morgan fingerprint density at radius 1 is 1.16 bits per heavy atom. The zero-order valence-electron chi connectivity index (χ0n) is 18.0. The van der Waals surface area contributed by atoms with Gasteiger partial charge in [0.1, 0.15) is 5.82 Å². The number of hydrogen-bond acceptors (Lipinski definition) is 6. The van der Waals surface area contributed by atoms with E-state index in [1.807, 2.05) is 16.7 Å². The number of hydrogen-bond donors (Lipinski definition) is 0. The van der Waals surface area contributed by atoms with Crippen molar-refractivity contribution in [2.45, 2.75) is 32.0 Å². The summed E-state index contributed by atoms with van der Waals surface area (Å²) in [5.74, 6) is 1.00. The molecule has 1 saturated carbocycles. The number of piperidine rings is 1. The van der Waals surface area contributed by atoms with Crippen LogP contribution in [0.15, 0.2) is 30.3 Å². The molecule has 3 fully saturated rings. The molecule has 4 atom stereocenters. The van der Waals surface area contributed by atoms with Gasteiger partial charge < -0.3 is 14.5 Å². The molecule has 32 heavy (non-hydrogen) atoms. The molecule has 1 aromatic carbocycles. The zero-order chi connectivity index (χ0) is 22.6. The lowest BCUT2D eigenvalue weighted by Crippen LogP contribution is -2.47. The molecular formula is C23H25F3N4O2. The van der Waals surface area contributed by atoms with Gasteiger partial charge in [-0.15, -0.1) is 0 Å². The Morgan fingerprint density at radius 2 is 1.84 bits per heavy atom. The zero-order valence-corrected chi connectivity index (χ0v) is 18.0. The molecule has 1 aromatic heterocycles. The molecule has 0 N–H and O–H groups in total. The molecule has 0 spiro atoms. The van der Waals surface area contributed by atoms with Gasteiger partial charge in [0, 0.05) is 32.1 Å². The van der Waals surface area contributed by atoms with E-state index in [2.05, 4.69) is 9.97 Å². The third-order valence-corrected chi connectivity index (χ3v) is 7.09. The molecule has 2 aromatic rings. The molecule has 170 valence electrons. The molecule has 1 aliphatic carbocycles. The van der Waals surface area contributed by atoms with Gasteiger partial charge in [-0.2, -0.15) is 18.2 Å². The van der Waals surface area contributed by atoms with Gasteiger partial charge in [0.25, 0.3) is 0 Å². The highest BCUT2D eigenvalue weighted by atomic mass is 19.4. The molecule has 0 bridgehead atoms. The Morgan fingerprint density at radius 3 is 2.38 bits per heavy atom. The molecule has 9 heteroatoms. The molecular weight excluding hydrogens is 421 g/mol. The first-order valence-corrected chi connectivity index (χ1v) is 10.9. The van der Waals surface area contributed by atoms with Crippen molar-refractivity contribution >= 4 is 17.7 Å². The second kappa shape index (κ2) is 7.64. The SMILES string of the molecule is COC(=O)CC1[C@H]2CN(c3nc(N4CCC4C)nc(C(F)(F)F)c3-c3ccccc3)C[C@@H]12. The van der Waals surface area contributed by atoms with E-state index >= 15 is 0 Å². The molecule has 5 rings (SSSR count). The highest BCUT2D eigenvalue weighted by Crippen LogP contribution is 2.55. The maximum atomic E-state index is 14.2. The van der Waals surface area contributed by atoms with Gasteiger partial charge in [0.15, 0.2) is 5.69 Å². The van der Waals surface area contributed by atoms with Gasteiger partial charge in [0.2, 0.25) is 5.95 Å². The number of nitrogens with zero attached hydrogens (tertiary/aromatic N) is 4. The van der Waals surface area contributed by atoms with Crippen LogP contribution in [0, 0.1) is 17.8 Å². The molecule has 3 aliphatic rings. The van der Waals surface area contributed by atoms with Gasteiger partial charge >= 0.3 is 12.1 Å². The van der Waals surface area contributed by atoms with Crippen LogP contribution in [-0.4, -0.2) is 48.7 Å². The first kappa shape index (κ1) is 21.0. The van der Waals surface area contributed by atoms with Gasteiger partial charge in [-0.3, -0.25) is 4.79 Å². The van der Waals surface area contributed by atoms with Crippen molar-refractivity contribution in [3.8, 4) is 11.1 Å². The number of fused-ring (bicyclic) bond motifs is 1. The number of esters is 1. The van der Waals surface area contributed by atoms with Crippen LogP contribution in [0.2, 0.25) is 0 Å². The summed E-state index contributed by atoms with van der Waals surface area (Å²) in [5, 5.41) is 0. The number of aromatic nitrogens is 2. The molecule has 3 heterocycles. The maximum absolute atomic E-state index is 14.2. The van der Waals surface area contributed by atoms with Crippen LogP contribution < -0.4 is 9.80 Å². The smallest absolute Gasteiger partial charge is 0.434 e. The lowest BCUT2D eigenvalue weighted by Gasteiger charge is -2.39. The summed E-state index contributed by atoms with van der Waals surface area (Å²) in [6.45, 7) is 3.77. The van der Waals surface area contributed by atoms with Gasteiger partial charge in [0.05, 0.1) is 12.7 Å². The third kappa shape index (κ3) is 3.57. The van der Waals surface area contributed by atoms with Crippen molar-refractivity contribution in [2.24, 2.45) is 17.8 Å². The molecule has 0 radical (unpaired) electrons. The molecule has 2 unspecified atom stereocenters. The quantitative estimate of drug-likeness (QED) is 0.647. The predicted octanol–water partition coefficient (Wildman–Crippen LogP) is 4.01. The minimum absolute atomic E-state index is 0.0286. The average molecular weight is 446 g/mol. The minimum Gasteiger partial charge on any atom is -0.469 e. The highest BCUT2D eigenvalue weighted by Gasteiger charge is 2.57. The van der Waals surface area contributed by atoms with Gasteiger partial charge in [-0.25, -0.2) is 4.98 Å². The fraction of sp³-hybridized carbons (Fsp3) is 0.522. The fourth-order valence-electron chi connectivity index (χ4n) is 5.08. The predicted molar refractivity (Wildman–Crippen MR) is 113 cm³/mol. The van der Waals surface area contributed by atoms with Crippen LogP contribution >= 0.6 is 0 Å². The third-order valence-electron chi connectivity index (χ3n) is 7.09. The Balaban J connectivity index is 1.55. The number of carbonyl (C=O) groups is 1. The number of carbonyl (C=O) groups excluding carboxylic acids is 1. The van der Waals surface area contributed by atoms with E-state index in [4.69, 9.17) is 4.74 Å². The number of methoxy groups -OCH3 is 1. The van der Waals surface area contributed by atoms with Crippen LogP contribution in [-0.2, 0) is 15.7 Å². The number of ether oxygens (including phenoxy) is 1. The lowest BCUT2D eigenvalue weighted by atomic mass is 10.0. The molecule has 0 amide bonds. The number of alkyl halides is 3. The summed E-state index contributed by atoms with van der Waals surface area (Å²) in [6, 6.07) is 8.66. The van der Waals surface area contributed by atoms with E-state index in [1.54, 1.807) is 30.3 Å². The van der Waals surface area contributed by atoms with Crippen molar-refractivity contribution in [1.29, 1.82) is 0 Å². The van der Waals surface area contributed by atoms with E-state index in [1.165, 1.54) is 7.11 Å². The van der Waals surface area contributed by atoms with Gasteiger partial charge in [-0.05, 0) is 36.7 Å². The normalized spacial score (nSPS) is 26.5. The summed E-state index contributed by atoms with van der Waals surface area (Å²) in [7, 11) is 1.37. The first-order valence-electron chi connectivity index (χ1n) is 10.9. The summed E-state index contributed by atoms with van der Waals surface area (Å²) >= 11 is 0. The Labute approximate surface area is 184 Å². The maximum Gasteiger partial charge on any atom is 0.434 e.